The summed E-state index contributed by atoms with van der Waals surface area (Å²) in [5.41, 5.74) is 0. The number of halogens is 1. The van der Waals surface area contributed by atoms with Gasteiger partial charge in [-0.05, 0) is 12.8 Å². The third kappa shape index (κ3) is 0.635. The van der Waals surface area contributed by atoms with E-state index in [1.807, 2.05) is 0 Å². The molecule has 1 nitrogen and oxygen atoms in total. The van der Waals surface area contributed by atoms with Crippen molar-refractivity contribution < 1.29 is 9.13 Å². The Hall–Kier alpha value is -0.110. The molecule has 1 saturated heterocycles. The van der Waals surface area contributed by atoms with Crippen LogP contribution in [0.4, 0.5) is 4.39 Å². The highest BCUT2D eigenvalue weighted by molar-refractivity contribution is 4.91. The van der Waals surface area contributed by atoms with Gasteiger partial charge >= 0.3 is 0 Å². The molecule has 1 aliphatic carbocycles. The molecule has 0 aromatic rings. The molecule has 3 unspecified atom stereocenters. The summed E-state index contributed by atoms with van der Waals surface area (Å²) in [6, 6.07) is 0. The summed E-state index contributed by atoms with van der Waals surface area (Å²) < 4.78 is 17.5. The molecule has 0 radical (unpaired) electrons. The molecule has 2 fully saturated rings. The standard InChI is InChI=1S/C6H9FO/c7-4-1-2-5-6(3-4)8-5/h4-6H,1-3H2. The van der Waals surface area contributed by atoms with Gasteiger partial charge in [-0.1, -0.05) is 0 Å². The van der Waals surface area contributed by atoms with E-state index in [2.05, 4.69) is 0 Å². The van der Waals surface area contributed by atoms with Gasteiger partial charge in [-0.15, -0.1) is 0 Å². The van der Waals surface area contributed by atoms with E-state index >= 15 is 0 Å². The molecule has 8 heavy (non-hydrogen) atoms. The van der Waals surface area contributed by atoms with Gasteiger partial charge in [0.1, 0.15) is 6.17 Å². The lowest BCUT2D eigenvalue weighted by atomic mass is 9.99. The van der Waals surface area contributed by atoms with Crippen molar-refractivity contribution in [1.29, 1.82) is 0 Å². The summed E-state index contributed by atoms with van der Waals surface area (Å²) >= 11 is 0. The topological polar surface area (TPSA) is 12.5 Å². The van der Waals surface area contributed by atoms with Crippen molar-refractivity contribution in [2.75, 3.05) is 0 Å². The van der Waals surface area contributed by atoms with Crippen molar-refractivity contribution >= 4 is 0 Å². The predicted octanol–water partition coefficient (Wildman–Crippen LogP) is 1.28. The van der Waals surface area contributed by atoms with Crippen molar-refractivity contribution in [2.24, 2.45) is 0 Å². The van der Waals surface area contributed by atoms with Crippen molar-refractivity contribution in [2.45, 2.75) is 37.6 Å². The number of hydrogen-bond acceptors (Lipinski definition) is 1. The van der Waals surface area contributed by atoms with Gasteiger partial charge in [0.25, 0.3) is 0 Å². The fraction of sp³-hybridized carbons (Fsp3) is 1.00. The largest absolute Gasteiger partial charge is 0.369 e. The SMILES string of the molecule is FC1CCC2OC2C1. The van der Waals surface area contributed by atoms with Gasteiger partial charge in [0, 0.05) is 6.42 Å². The minimum absolute atomic E-state index is 0.304. The van der Waals surface area contributed by atoms with Gasteiger partial charge < -0.3 is 4.74 Å². The first-order valence-electron chi connectivity index (χ1n) is 3.16. The Kier molecular flexibility index (Phi) is 0.852. The molecule has 0 aromatic heterocycles. The molecule has 2 rings (SSSR count). The fourth-order valence-corrected chi connectivity index (χ4v) is 1.36. The first-order chi connectivity index (χ1) is 3.86. The van der Waals surface area contributed by atoms with Crippen LogP contribution in [-0.4, -0.2) is 18.4 Å². The van der Waals surface area contributed by atoms with Gasteiger partial charge in [0.15, 0.2) is 0 Å². The quantitative estimate of drug-likeness (QED) is 0.434. The van der Waals surface area contributed by atoms with Crippen LogP contribution in [0, 0.1) is 0 Å². The normalized spacial score (nSPS) is 52.9. The molecule has 0 amide bonds. The zero-order valence-corrected chi connectivity index (χ0v) is 4.64. The van der Waals surface area contributed by atoms with Crippen molar-refractivity contribution in [3.63, 3.8) is 0 Å². The predicted molar refractivity (Wildman–Crippen MR) is 27.4 cm³/mol. The minimum atomic E-state index is -0.571. The molecular formula is C6H9FO. The van der Waals surface area contributed by atoms with E-state index in [-0.39, 0.29) is 0 Å². The molecule has 46 valence electrons. The van der Waals surface area contributed by atoms with Crippen LogP contribution in [0.5, 0.6) is 0 Å². The van der Waals surface area contributed by atoms with E-state index in [0.29, 0.717) is 18.6 Å². The molecule has 1 heterocycles. The lowest BCUT2D eigenvalue weighted by Gasteiger charge is -2.08. The Bertz CT molecular complexity index is 105. The number of alkyl halides is 1. The average molecular weight is 116 g/mol. The Morgan fingerprint density at radius 3 is 2.75 bits per heavy atom. The van der Waals surface area contributed by atoms with E-state index in [0.717, 1.165) is 12.8 Å². The van der Waals surface area contributed by atoms with Gasteiger partial charge in [-0.3, -0.25) is 0 Å². The first kappa shape index (κ1) is 4.74. The highest BCUT2D eigenvalue weighted by Crippen LogP contribution is 2.37. The number of rotatable bonds is 0. The van der Waals surface area contributed by atoms with Gasteiger partial charge in [0.2, 0.25) is 0 Å². The Morgan fingerprint density at radius 1 is 1.25 bits per heavy atom. The maximum Gasteiger partial charge on any atom is 0.103 e. The van der Waals surface area contributed by atoms with E-state index in [1.54, 1.807) is 0 Å². The van der Waals surface area contributed by atoms with Crippen molar-refractivity contribution in [3.05, 3.63) is 0 Å². The smallest absolute Gasteiger partial charge is 0.103 e. The summed E-state index contributed by atoms with van der Waals surface area (Å²) in [7, 11) is 0. The lowest BCUT2D eigenvalue weighted by Crippen LogP contribution is -2.13. The number of ether oxygens (including phenoxy) is 1. The van der Waals surface area contributed by atoms with Crippen LogP contribution in [0.3, 0.4) is 0 Å². The molecule has 0 bridgehead atoms. The van der Waals surface area contributed by atoms with E-state index in [9.17, 15) is 4.39 Å². The van der Waals surface area contributed by atoms with Crippen molar-refractivity contribution in [3.8, 4) is 0 Å². The van der Waals surface area contributed by atoms with Crippen molar-refractivity contribution in [1.82, 2.24) is 0 Å². The van der Waals surface area contributed by atoms with Gasteiger partial charge in [-0.2, -0.15) is 0 Å². The zero-order valence-electron chi connectivity index (χ0n) is 4.64. The number of fused-ring (bicyclic) bond motifs is 1. The van der Waals surface area contributed by atoms with E-state index < -0.39 is 6.17 Å². The van der Waals surface area contributed by atoms with Crippen LogP contribution in [0.15, 0.2) is 0 Å². The molecule has 0 N–H and O–H groups in total. The third-order valence-corrected chi connectivity index (χ3v) is 1.94. The second-order valence-electron chi connectivity index (χ2n) is 2.62. The monoisotopic (exact) mass is 116 g/mol. The lowest BCUT2D eigenvalue weighted by molar-refractivity contribution is 0.266. The van der Waals surface area contributed by atoms with Crippen LogP contribution in [0.1, 0.15) is 19.3 Å². The zero-order chi connectivity index (χ0) is 5.56. The van der Waals surface area contributed by atoms with Crippen LogP contribution >= 0.6 is 0 Å². The maximum absolute atomic E-state index is 12.4. The summed E-state index contributed by atoms with van der Waals surface area (Å²) in [4.78, 5) is 0. The van der Waals surface area contributed by atoms with E-state index in [1.165, 1.54) is 0 Å². The molecule has 1 aliphatic heterocycles. The summed E-state index contributed by atoms with van der Waals surface area (Å²) in [6.45, 7) is 0. The minimum Gasteiger partial charge on any atom is -0.369 e. The fourth-order valence-electron chi connectivity index (χ4n) is 1.36. The molecule has 0 spiro atoms. The maximum atomic E-state index is 12.4. The van der Waals surface area contributed by atoms with E-state index in [4.69, 9.17) is 4.74 Å². The van der Waals surface area contributed by atoms with Crippen LogP contribution in [0.25, 0.3) is 0 Å². The molecule has 1 saturated carbocycles. The number of epoxide rings is 1. The third-order valence-electron chi connectivity index (χ3n) is 1.94. The number of hydrogen-bond donors (Lipinski definition) is 0. The van der Waals surface area contributed by atoms with Gasteiger partial charge in [0.05, 0.1) is 12.2 Å². The molecule has 2 aliphatic rings. The van der Waals surface area contributed by atoms with Crippen LogP contribution in [0.2, 0.25) is 0 Å². The average Bonchev–Trinajstić information content (AvgIpc) is 2.43. The Labute approximate surface area is 47.8 Å². The summed E-state index contributed by atoms with van der Waals surface area (Å²) in [6.07, 6.45) is 2.51. The highest BCUT2D eigenvalue weighted by Gasteiger charge is 2.43. The van der Waals surface area contributed by atoms with Crippen LogP contribution < -0.4 is 0 Å². The summed E-state index contributed by atoms with van der Waals surface area (Å²) in [5, 5.41) is 0. The Balaban J connectivity index is 1.93. The first-order valence-corrected chi connectivity index (χ1v) is 3.16. The summed E-state index contributed by atoms with van der Waals surface area (Å²) in [5.74, 6) is 0. The molecule has 3 atom stereocenters. The highest BCUT2D eigenvalue weighted by atomic mass is 19.1. The molecular weight excluding hydrogens is 107 g/mol. The van der Waals surface area contributed by atoms with Crippen LogP contribution in [-0.2, 0) is 4.74 Å². The molecule has 2 heteroatoms. The Morgan fingerprint density at radius 2 is 2.12 bits per heavy atom. The second-order valence-corrected chi connectivity index (χ2v) is 2.62. The second kappa shape index (κ2) is 1.44. The van der Waals surface area contributed by atoms with Gasteiger partial charge in [-0.25, -0.2) is 4.39 Å². The molecule has 0 aromatic carbocycles.